The van der Waals surface area contributed by atoms with Crippen molar-refractivity contribution in [3.05, 3.63) is 22.4 Å². The van der Waals surface area contributed by atoms with Crippen molar-refractivity contribution in [2.24, 2.45) is 0 Å². The third-order valence-corrected chi connectivity index (χ3v) is 5.54. The summed E-state index contributed by atoms with van der Waals surface area (Å²) in [6.45, 7) is 5.58. The Bertz CT molecular complexity index is 526. The molecule has 3 rings (SSSR count). The number of hydrogen-bond donors (Lipinski definition) is 0. The van der Waals surface area contributed by atoms with Crippen LogP contribution in [0, 0.1) is 0 Å². The first-order valence-electron chi connectivity index (χ1n) is 8.52. The molecule has 1 aromatic rings. The molecule has 2 fully saturated rings. The lowest BCUT2D eigenvalue weighted by Gasteiger charge is -2.24. The Morgan fingerprint density at radius 1 is 0.913 bits per heavy atom. The van der Waals surface area contributed by atoms with E-state index < -0.39 is 0 Å². The van der Waals surface area contributed by atoms with E-state index in [4.69, 9.17) is 0 Å². The summed E-state index contributed by atoms with van der Waals surface area (Å²) >= 11 is 1.64. The van der Waals surface area contributed by atoms with E-state index in [1.54, 1.807) is 11.3 Å². The van der Waals surface area contributed by atoms with Crippen LogP contribution in [0.1, 0.15) is 24.1 Å². The predicted molar refractivity (Wildman–Crippen MR) is 91.5 cm³/mol. The summed E-state index contributed by atoms with van der Waals surface area (Å²) in [4.78, 5) is 31.9. The van der Waals surface area contributed by atoms with Crippen molar-refractivity contribution in [3.8, 4) is 0 Å². The molecule has 126 valence electrons. The van der Waals surface area contributed by atoms with Gasteiger partial charge < -0.3 is 9.80 Å². The van der Waals surface area contributed by atoms with Gasteiger partial charge in [0.2, 0.25) is 11.8 Å². The van der Waals surface area contributed by atoms with E-state index in [1.165, 1.54) is 0 Å². The molecule has 2 saturated heterocycles. The molecule has 1 aromatic heterocycles. The van der Waals surface area contributed by atoms with Crippen molar-refractivity contribution >= 4 is 23.2 Å². The number of hydrogen-bond acceptors (Lipinski definition) is 4. The van der Waals surface area contributed by atoms with Crippen molar-refractivity contribution in [1.29, 1.82) is 0 Å². The molecule has 0 saturated carbocycles. The first-order chi connectivity index (χ1) is 11.2. The molecular formula is C17H25N3O2S. The number of thiophene rings is 1. The van der Waals surface area contributed by atoms with Crippen LogP contribution in [0.5, 0.6) is 0 Å². The average molecular weight is 335 g/mol. The van der Waals surface area contributed by atoms with Crippen LogP contribution in [-0.4, -0.2) is 72.3 Å². The maximum atomic E-state index is 12.4. The summed E-state index contributed by atoms with van der Waals surface area (Å²) in [5, 5.41) is 2.01. The highest BCUT2D eigenvalue weighted by molar-refractivity contribution is 7.10. The lowest BCUT2D eigenvalue weighted by atomic mass is 10.3. The maximum absolute atomic E-state index is 12.4. The van der Waals surface area contributed by atoms with Gasteiger partial charge in [-0.3, -0.25) is 14.5 Å². The molecule has 0 aromatic carbocycles. The number of nitrogens with zero attached hydrogens (tertiary/aromatic N) is 3. The Morgan fingerprint density at radius 3 is 2.39 bits per heavy atom. The van der Waals surface area contributed by atoms with Gasteiger partial charge in [0.05, 0.1) is 13.0 Å². The van der Waals surface area contributed by atoms with Gasteiger partial charge in [-0.05, 0) is 30.7 Å². The highest BCUT2D eigenvalue weighted by Crippen LogP contribution is 2.13. The second-order valence-electron chi connectivity index (χ2n) is 6.35. The molecule has 2 amide bonds. The van der Waals surface area contributed by atoms with Crippen molar-refractivity contribution in [3.63, 3.8) is 0 Å². The fourth-order valence-corrected chi connectivity index (χ4v) is 4.01. The van der Waals surface area contributed by atoms with E-state index in [1.807, 2.05) is 27.3 Å². The Kier molecular flexibility index (Phi) is 5.67. The average Bonchev–Trinajstić information content (AvgIpc) is 3.19. The largest absolute Gasteiger partial charge is 0.342 e. The van der Waals surface area contributed by atoms with Crippen molar-refractivity contribution in [1.82, 2.24) is 14.7 Å². The van der Waals surface area contributed by atoms with Crippen LogP contribution < -0.4 is 0 Å². The van der Waals surface area contributed by atoms with Gasteiger partial charge in [-0.1, -0.05) is 6.07 Å². The van der Waals surface area contributed by atoms with Crippen LogP contribution in [-0.2, 0) is 16.0 Å². The fourth-order valence-electron chi connectivity index (χ4n) is 3.31. The van der Waals surface area contributed by atoms with Crippen molar-refractivity contribution in [2.75, 3.05) is 45.8 Å². The van der Waals surface area contributed by atoms with E-state index in [9.17, 15) is 9.59 Å². The lowest BCUT2D eigenvalue weighted by molar-refractivity contribution is -0.131. The Balaban J connectivity index is 1.46. The standard InChI is InChI=1S/C17H25N3O2S/c21-16(13-15-5-3-12-23-15)20-9-4-6-18(10-11-20)14-17(22)19-7-1-2-8-19/h3,5,12H,1-2,4,6-11,13-14H2. The normalized spacial score (nSPS) is 19.8. The third kappa shape index (κ3) is 4.54. The summed E-state index contributed by atoms with van der Waals surface area (Å²) < 4.78 is 0. The summed E-state index contributed by atoms with van der Waals surface area (Å²) in [7, 11) is 0. The molecule has 23 heavy (non-hydrogen) atoms. The summed E-state index contributed by atoms with van der Waals surface area (Å²) in [6, 6.07) is 4.00. The molecule has 6 heteroatoms. The summed E-state index contributed by atoms with van der Waals surface area (Å²) in [5.41, 5.74) is 0. The van der Waals surface area contributed by atoms with Crippen LogP contribution in [0.15, 0.2) is 17.5 Å². The van der Waals surface area contributed by atoms with Gasteiger partial charge in [-0.15, -0.1) is 11.3 Å². The van der Waals surface area contributed by atoms with Crippen LogP contribution >= 0.6 is 11.3 Å². The predicted octanol–water partition coefficient (Wildman–Crippen LogP) is 1.45. The molecular weight excluding hydrogens is 310 g/mol. The zero-order valence-electron chi connectivity index (χ0n) is 13.6. The summed E-state index contributed by atoms with van der Waals surface area (Å²) in [6.07, 6.45) is 3.72. The highest BCUT2D eigenvalue weighted by atomic mass is 32.1. The Morgan fingerprint density at radius 2 is 1.65 bits per heavy atom. The van der Waals surface area contributed by atoms with Crippen LogP contribution in [0.3, 0.4) is 0 Å². The lowest BCUT2D eigenvalue weighted by Crippen LogP contribution is -2.41. The smallest absolute Gasteiger partial charge is 0.236 e. The van der Waals surface area contributed by atoms with Gasteiger partial charge in [0.15, 0.2) is 0 Å². The van der Waals surface area contributed by atoms with E-state index in [2.05, 4.69) is 4.90 Å². The highest BCUT2D eigenvalue weighted by Gasteiger charge is 2.23. The van der Waals surface area contributed by atoms with Crippen molar-refractivity contribution < 1.29 is 9.59 Å². The van der Waals surface area contributed by atoms with Gasteiger partial charge >= 0.3 is 0 Å². The molecule has 3 heterocycles. The molecule has 0 unspecified atom stereocenters. The van der Waals surface area contributed by atoms with E-state index in [0.29, 0.717) is 13.0 Å². The Hall–Kier alpha value is -1.40. The molecule has 0 atom stereocenters. The van der Waals surface area contributed by atoms with Crippen LogP contribution in [0.2, 0.25) is 0 Å². The minimum atomic E-state index is 0.208. The number of carbonyl (C=O) groups excluding carboxylic acids is 2. The fraction of sp³-hybridized carbons (Fsp3) is 0.647. The van der Waals surface area contributed by atoms with Gasteiger partial charge in [0, 0.05) is 44.1 Å². The number of likely N-dealkylation sites (tertiary alicyclic amines) is 1. The van der Waals surface area contributed by atoms with Gasteiger partial charge in [-0.2, -0.15) is 0 Å². The zero-order valence-corrected chi connectivity index (χ0v) is 14.4. The van der Waals surface area contributed by atoms with Crippen LogP contribution in [0.25, 0.3) is 0 Å². The first-order valence-corrected chi connectivity index (χ1v) is 9.40. The van der Waals surface area contributed by atoms with E-state index in [-0.39, 0.29) is 11.8 Å². The van der Waals surface area contributed by atoms with Crippen LogP contribution in [0.4, 0.5) is 0 Å². The number of rotatable bonds is 4. The maximum Gasteiger partial charge on any atom is 0.236 e. The van der Waals surface area contributed by atoms with Gasteiger partial charge in [0.25, 0.3) is 0 Å². The number of amides is 2. The van der Waals surface area contributed by atoms with Gasteiger partial charge in [-0.25, -0.2) is 0 Å². The second kappa shape index (κ2) is 7.93. The molecule has 2 aliphatic heterocycles. The van der Waals surface area contributed by atoms with Gasteiger partial charge in [0.1, 0.15) is 0 Å². The molecule has 5 nitrogen and oxygen atoms in total. The monoisotopic (exact) mass is 335 g/mol. The molecule has 2 aliphatic rings. The third-order valence-electron chi connectivity index (χ3n) is 4.66. The molecule has 0 aliphatic carbocycles. The SMILES string of the molecule is O=C(Cc1cccs1)N1CCCN(CC(=O)N2CCCC2)CC1. The quantitative estimate of drug-likeness (QED) is 0.836. The summed E-state index contributed by atoms with van der Waals surface area (Å²) in [5.74, 6) is 0.459. The molecule has 0 radical (unpaired) electrons. The van der Waals surface area contributed by atoms with E-state index in [0.717, 1.165) is 63.4 Å². The molecule has 0 spiro atoms. The minimum absolute atomic E-state index is 0.208. The first kappa shape index (κ1) is 16.5. The van der Waals surface area contributed by atoms with Crippen molar-refractivity contribution in [2.45, 2.75) is 25.7 Å². The molecule has 0 N–H and O–H groups in total. The molecule has 0 bridgehead atoms. The second-order valence-corrected chi connectivity index (χ2v) is 7.39. The minimum Gasteiger partial charge on any atom is -0.342 e. The zero-order chi connectivity index (χ0) is 16.1. The topological polar surface area (TPSA) is 43.9 Å². The van der Waals surface area contributed by atoms with E-state index >= 15 is 0 Å². The number of carbonyl (C=O) groups is 2. The Labute approximate surface area is 141 Å².